The zero-order chi connectivity index (χ0) is 18.3. The van der Waals surface area contributed by atoms with Crippen LogP contribution in [0.25, 0.3) is 0 Å². The molecule has 3 heterocycles. The van der Waals surface area contributed by atoms with Crippen molar-refractivity contribution < 1.29 is 19.2 Å². The first-order valence-electron chi connectivity index (χ1n) is 9.04. The van der Waals surface area contributed by atoms with Crippen molar-refractivity contribution in [1.82, 2.24) is 10.2 Å². The first-order chi connectivity index (χ1) is 12.6. The number of fused-ring (bicyclic) bond motifs is 1. The van der Waals surface area contributed by atoms with E-state index in [4.69, 9.17) is 0 Å². The first kappa shape index (κ1) is 16.8. The van der Waals surface area contributed by atoms with Gasteiger partial charge in [-0.15, -0.1) is 0 Å². The lowest BCUT2D eigenvalue weighted by molar-refractivity contribution is -0.136. The van der Waals surface area contributed by atoms with Gasteiger partial charge in [-0.2, -0.15) is 0 Å². The predicted molar refractivity (Wildman–Crippen MR) is 93.5 cm³/mol. The summed E-state index contributed by atoms with van der Waals surface area (Å²) in [5.41, 5.74) is 2.59. The van der Waals surface area contributed by atoms with Crippen molar-refractivity contribution in [2.75, 3.05) is 18.0 Å². The summed E-state index contributed by atoms with van der Waals surface area (Å²) in [6.07, 6.45) is 3.37. The number of rotatable bonds is 3. The zero-order valence-corrected chi connectivity index (χ0v) is 14.4. The second kappa shape index (κ2) is 6.55. The first-order valence-corrected chi connectivity index (χ1v) is 9.04. The van der Waals surface area contributed by atoms with Crippen LogP contribution in [0.15, 0.2) is 18.2 Å². The van der Waals surface area contributed by atoms with Crippen molar-refractivity contribution in [3.8, 4) is 0 Å². The lowest BCUT2D eigenvalue weighted by Gasteiger charge is -2.31. The number of carbonyl (C=O) groups is 4. The smallest absolute Gasteiger partial charge is 0.255 e. The second-order valence-electron chi connectivity index (χ2n) is 7.20. The average molecular weight is 355 g/mol. The van der Waals surface area contributed by atoms with Crippen LogP contribution in [0.4, 0.5) is 5.69 Å². The summed E-state index contributed by atoms with van der Waals surface area (Å²) < 4.78 is 0. The normalized spacial score (nSPS) is 23.8. The molecule has 0 spiro atoms. The summed E-state index contributed by atoms with van der Waals surface area (Å²) in [6, 6.07) is 5.19. The number of benzene rings is 1. The van der Waals surface area contributed by atoms with Crippen LogP contribution in [-0.2, 0) is 20.9 Å². The summed E-state index contributed by atoms with van der Waals surface area (Å²) in [7, 11) is 0. The molecule has 0 unspecified atom stereocenters. The molecule has 1 N–H and O–H groups in total. The van der Waals surface area contributed by atoms with Crippen LogP contribution < -0.4 is 10.2 Å². The van der Waals surface area contributed by atoms with Gasteiger partial charge in [0.05, 0.1) is 0 Å². The molecule has 136 valence electrons. The van der Waals surface area contributed by atoms with Gasteiger partial charge >= 0.3 is 0 Å². The molecule has 3 amide bonds. The van der Waals surface area contributed by atoms with E-state index >= 15 is 0 Å². The molecular formula is C19H21N3O4. The van der Waals surface area contributed by atoms with Crippen molar-refractivity contribution in [2.24, 2.45) is 5.92 Å². The summed E-state index contributed by atoms with van der Waals surface area (Å²) >= 11 is 0. The molecular weight excluding hydrogens is 334 g/mol. The van der Waals surface area contributed by atoms with Gasteiger partial charge in [0, 0.05) is 43.2 Å². The molecule has 0 radical (unpaired) electrons. The van der Waals surface area contributed by atoms with E-state index in [-0.39, 0.29) is 24.2 Å². The third kappa shape index (κ3) is 2.87. The Labute approximate surface area is 151 Å². The van der Waals surface area contributed by atoms with Crippen molar-refractivity contribution in [2.45, 2.75) is 38.3 Å². The Morgan fingerprint density at radius 2 is 1.85 bits per heavy atom. The van der Waals surface area contributed by atoms with Crippen LogP contribution in [0.1, 0.15) is 41.6 Å². The highest BCUT2D eigenvalue weighted by atomic mass is 16.2. The summed E-state index contributed by atoms with van der Waals surface area (Å²) in [5, 5.41) is 2.32. The number of anilines is 1. The average Bonchev–Trinajstić information content (AvgIpc) is 2.98. The van der Waals surface area contributed by atoms with Crippen LogP contribution >= 0.6 is 0 Å². The summed E-state index contributed by atoms with van der Waals surface area (Å²) in [5.74, 6) is -0.680. The molecule has 1 aromatic rings. The number of aldehydes is 1. The number of piperidine rings is 2. The quantitative estimate of drug-likeness (QED) is 0.642. The SMILES string of the molecule is O=CC1CCN(c2ccc3c(c2)CN([C@H]2CCC(=O)NC2=O)C3=O)CC1. The third-order valence-corrected chi connectivity index (χ3v) is 5.60. The maximum Gasteiger partial charge on any atom is 0.255 e. The molecule has 26 heavy (non-hydrogen) atoms. The molecule has 0 aromatic heterocycles. The van der Waals surface area contributed by atoms with Gasteiger partial charge in [0.15, 0.2) is 0 Å². The predicted octanol–water partition coefficient (Wildman–Crippen LogP) is 0.863. The Bertz CT molecular complexity index is 783. The van der Waals surface area contributed by atoms with Crippen molar-refractivity contribution in [3.63, 3.8) is 0 Å². The van der Waals surface area contributed by atoms with Crippen molar-refractivity contribution in [3.05, 3.63) is 29.3 Å². The molecule has 2 saturated heterocycles. The molecule has 1 atom stereocenters. The highest BCUT2D eigenvalue weighted by Gasteiger charge is 2.39. The fraction of sp³-hybridized carbons (Fsp3) is 0.474. The number of hydrogen-bond donors (Lipinski definition) is 1. The molecule has 3 aliphatic heterocycles. The Hall–Kier alpha value is -2.70. The van der Waals surface area contributed by atoms with Gasteiger partial charge in [0.25, 0.3) is 5.91 Å². The summed E-state index contributed by atoms with van der Waals surface area (Å²) in [4.78, 5) is 50.8. The molecule has 2 fully saturated rings. The van der Waals surface area contributed by atoms with Gasteiger partial charge in [-0.05, 0) is 43.0 Å². The number of hydrogen-bond acceptors (Lipinski definition) is 5. The van der Waals surface area contributed by atoms with Gasteiger partial charge in [-0.1, -0.05) is 0 Å². The van der Waals surface area contributed by atoms with Gasteiger partial charge in [-0.3, -0.25) is 19.7 Å². The van der Waals surface area contributed by atoms with E-state index in [0.717, 1.165) is 43.5 Å². The van der Waals surface area contributed by atoms with Gasteiger partial charge in [-0.25, -0.2) is 0 Å². The number of nitrogens with zero attached hydrogens (tertiary/aromatic N) is 2. The molecule has 1 aromatic carbocycles. The topological polar surface area (TPSA) is 86.8 Å². The van der Waals surface area contributed by atoms with E-state index in [0.29, 0.717) is 18.5 Å². The van der Waals surface area contributed by atoms with E-state index in [1.54, 1.807) is 4.90 Å². The van der Waals surface area contributed by atoms with E-state index in [1.807, 2.05) is 18.2 Å². The molecule has 0 bridgehead atoms. The number of imide groups is 1. The third-order valence-electron chi connectivity index (χ3n) is 5.60. The highest BCUT2D eigenvalue weighted by Crippen LogP contribution is 2.31. The Balaban J connectivity index is 1.51. The molecule has 0 aliphatic carbocycles. The van der Waals surface area contributed by atoms with Gasteiger partial charge in [0.2, 0.25) is 11.8 Å². The van der Waals surface area contributed by atoms with Crippen LogP contribution in [-0.4, -0.2) is 48.0 Å². The zero-order valence-electron chi connectivity index (χ0n) is 14.4. The largest absolute Gasteiger partial charge is 0.371 e. The lowest BCUT2D eigenvalue weighted by atomic mass is 9.97. The van der Waals surface area contributed by atoms with Crippen molar-refractivity contribution in [1.29, 1.82) is 0 Å². The van der Waals surface area contributed by atoms with Crippen LogP contribution in [0, 0.1) is 5.92 Å². The minimum atomic E-state index is -0.584. The fourth-order valence-corrected chi connectivity index (χ4v) is 4.05. The number of amides is 3. The van der Waals surface area contributed by atoms with E-state index < -0.39 is 11.9 Å². The Morgan fingerprint density at radius 1 is 1.08 bits per heavy atom. The number of carbonyl (C=O) groups excluding carboxylic acids is 4. The van der Waals surface area contributed by atoms with Gasteiger partial charge in [0.1, 0.15) is 12.3 Å². The monoisotopic (exact) mass is 355 g/mol. The highest BCUT2D eigenvalue weighted by molar-refractivity contribution is 6.05. The van der Waals surface area contributed by atoms with E-state index in [9.17, 15) is 19.2 Å². The molecule has 4 rings (SSSR count). The minimum absolute atomic E-state index is 0.144. The van der Waals surface area contributed by atoms with Crippen LogP contribution in [0.3, 0.4) is 0 Å². The Kier molecular flexibility index (Phi) is 4.22. The Morgan fingerprint density at radius 3 is 2.54 bits per heavy atom. The molecule has 0 saturated carbocycles. The maximum absolute atomic E-state index is 12.7. The minimum Gasteiger partial charge on any atom is -0.371 e. The van der Waals surface area contributed by atoms with E-state index in [1.165, 1.54) is 0 Å². The van der Waals surface area contributed by atoms with Crippen LogP contribution in [0.2, 0.25) is 0 Å². The maximum atomic E-state index is 12.7. The summed E-state index contributed by atoms with van der Waals surface area (Å²) in [6.45, 7) is 2.04. The van der Waals surface area contributed by atoms with Gasteiger partial charge < -0.3 is 14.6 Å². The lowest BCUT2D eigenvalue weighted by Crippen LogP contribution is -2.52. The second-order valence-corrected chi connectivity index (χ2v) is 7.20. The van der Waals surface area contributed by atoms with Crippen LogP contribution in [0.5, 0.6) is 0 Å². The molecule has 3 aliphatic rings. The molecule has 7 nitrogen and oxygen atoms in total. The standard InChI is InChI=1S/C19H21N3O4/c23-11-12-5-7-21(8-6-12)14-1-2-15-13(9-14)10-22(19(15)26)16-3-4-17(24)20-18(16)25/h1-2,9,11-12,16H,3-8,10H2,(H,20,24,25)/t16-/m0/s1. The molecule has 7 heteroatoms. The number of nitrogens with one attached hydrogen (secondary N) is 1. The van der Waals surface area contributed by atoms with E-state index in [2.05, 4.69) is 10.2 Å². The van der Waals surface area contributed by atoms with Crippen molar-refractivity contribution >= 4 is 29.7 Å². The fourth-order valence-electron chi connectivity index (χ4n) is 4.05.